The SMILES string of the molecule is Cc1cccc(C)c1-n1nnnc1C(c1ccc(F)cc1)N1CCN(CC=Cc2ccccc2)CC1. The van der Waals surface area contributed by atoms with Crippen LogP contribution in [0.5, 0.6) is 0 Å². The van der Waals surface area contributed by atoms with E-state index in [1.165, 1.54) is 17.7 Å². The summed E-state index contributed by atoms with van der Waals surface area (Å²) in [6, 6.07) is 23.1. The standard InChI is InChI=1S/C29H31FN6/c1-22-8-6-9-23(2)27(22)36-29(31-32-33-36)28(25-13-15-26(30)16-14-25)35-20-18-34(19-21-35)17-7-12-24-10-4-3-5-11-24/h3-16,28H,17-21H2,1-2H3. The number of benzene rings is 3. The summed E-state index contributed by atoms with van der Waals surface area (Å²) in [7, 11) is 0. The van der Waals surface area contributed by atoms with Crippen molar-refractivity contribution in [2.24, 2.45) is 0 Å². The normalized spacial score (nSPS) is 16.0. The second-order valence-corrected chi connectivity index (χ2v) is 9.29. The van der Waals surface area contributed by atoms with Crippen LogP contribution < -0.4 is 0 Å². The molecule has 3 aromatic carbocycles. The van der Waals surface area contributed by atoms with Gasteiger partial charge in [-0.2, -0.15) is 4.68 Å². The number of rotatable bonds is 7. The summed E-state index contributed by atoms with van der Waals surface area (Å²) in [4.78, 5) is 4.85. The van der Waals surface area contributed by atoms with Gasteiger partial charge in [0.15, 0.2) is 5.82 Å². The van der Waals surface area contributed by atoms with Crippen molar-refractivity contribution in [3.05, 3.63) is 113 Å². The zero-order valence-corrected chi connectivity index (χ0v) is 20.8. The first-order valence-electron chi connectivity index (χ1n) is 12.4. The van der Waals surface area contributed by atoms with Crippen molar-refractivity contribution in [2.45, 2.75) is 19.9 Å². The molecule has 0 saturated carbocycles. The summed E-state index contributed by atoms with van der Waals surface area (Å²) in [5.41, 5.74) is 5.41. The van der Waals surface area contributed by atoms with Crippen LogP contribution in [0.4, 0.5) is 4.39 Å². The van der Waals surface area contributed by atoms with Crippen molar-refractivity contribution in [1.82, 2.24) is 30.0 Å². The molecule has 0 aliphatic carbocycles. The Kier molecular flexibility index (Phi) is 7.30. The zero-order chi connectivity index (χ0) is 24.9. The van der Waals surface area contributed by atoms with Gasteiger partial charge in [0.2, 0.25) is 0 Å². The van der Waals surface area contributed by atoms with Crippen molar-refractivity contribution < 1.29 is 4.39 Å². The van der Waals surface area contributed by atoms with Crippen LogP contribution >= 0.6 is 0 Å². The van der Waals surface area contributed by atoms with E-state index in [2.05, 4.69) is 87.7 Å². The predicted molar refractivity (Wildman–Crippen MR) is 140 cm³/mol. The molecule has 36 heavy (non-hydrogen) atoms. The van der Waals surface area contributed by atoms with E-state index in [1.54, 1.807) is 0 Å². The summed E-state index contributed by atoms with van der Waals surface area (Å²) < 4.78 is 15.7. The van der Waals surface area contributed by atoms with Crippen LogP contribution in [0.25, 0.3) is 11.8 Å². The minimum absolute atomic E-state index is 0.179. The van der Waals surface area contributed by atoms with E-state index in [-0.39, 0.29) is 11.9 Å². The third-order valence-corrected chi connectivity index (χ3v) is 6.82. The molecule has 7 heteroatoms. The molecule has 1 aliphatic rings. The van der Waals surface area contributed by atoms with Gasteiger partial charge < -0.3 is 0 Å². The Morgan fingerprint density at radius 3 is 2.25 bits per heavy atom. The molecule has 0 amide bonds. The largest absolute Gasteiger partial charge is 0.297 e. The molecule has 0 radical (unpaired) electrons. The van der Waals surface area contributed by atoms with Crippen LogP contribution in [0.2, 0.25) is 0 Å². The van der Waals surface area contributed by atoms with Crippen LogP contribution in [-0.2, 0) is 0 Å². The molecule has 184 valence electrons. The third-order valence-electron chi connectivity index (χ3n) is 6.82. The fourth-order valence-electron chi connectivity index (χ4n) is 4.94. The van der Waals surface area contributed by atoms with Crippen molar-refractivity contribution in [3.8, 4) is 5.69 Å². The molecule has 6 nitrogen and oxygen atoms in total. The summed E-state index contributed by atoms with van der Waals surface area (Å²) >= 11 is 0. The summed E-state index contributed by atoms with van der Waals surface area (Å²) in [5, 5.41) is 12.9. The van der Waals surface area contributed by atoms with Gasteiger partial charge in [-0.1, -0.05) is 72.8 Å². The first kappa shape index (κ1) is 24.0. The zero-order valence-electron chi connectivity index (χ0n) is 20.8. The lowest BCUT2D eigenvalue weighted by Gasteiger charge is -2.38. The van der Waals surface area contributed by atoms with Crippen molar-refractivity contribution in [3.63, 3.8) is 0 Å². The number of para-hydroxylation sites is 1. The van der Waals surface area contributed by atoms with Crippen molar-refractivity contribution >= 4 is 6.08 Å². The molecular formula is C29H31FN6. The minimum atomic E-state index is -0.248. The number of aryl methyl sites for hydroxylation is 2. The van der Waals surface area contributed by atoms with Crippen LogP contribution in [0.3, 0.4) is 0 Å². The highest BCUT2D eigenvalue weighted by atomic mass is 19.1. The average Bonchev–Trinajstić information content (AvgIpc) is 3.36. The van der Waals surface area contributed by atoms with Gasteiger partial charge in [-0.25, -0.2) is 4.39 Å². The summed E-state index contributed by atoms with van der Waals surface area (Å²) in [6.07, 6.45) is 4.40. The Morgan fingerprint density at radius 1 is 0.861 bits per heavy atom. The van der Waals surface area contributed by atoms with Gasteiger partial charge in [-0.3, -0.25) is 9.80 Å². The minimum Gasteiger partial charge on any atom is -0.297 e. The van der Waals surface area contributed by atoms with Gasteiger partial charge in [0, 0.05) is 32.7 Å². The van der Waals surface area contributed by atoms with Gasteiger partial charge in [-0.05, 0) is 58.7 Å². The maximum Gasteiger partial charge on any atom is 0.178 e. The fraction of sp³-hybridized carbons (Fsp3) is 0.276. The van der Waals surface area contributed by atoms with E-state index in [4.69, 9.17) is 0 Å². The number of hydrogen-bond donors (Lipinski definition) is 0. The molecule has 2 heterocycles. The van der Waals surface area contributed by atoms with E-state index in [0.717, 1.165) is 60.9 Å². The molecule has 1 aromatic heterocycles. The van der Waals surface area contributed by atoms with Crippen molar-refractivity contribution in [1.29, 1.82) is 0 Å². The van der Waals surface area contributed by atoms with E-state index < -0.39 is 0 Å². The van der Waals surface area contributed by atoms with Crippen LogP contribution in [0, 0.1) is 19.7 Å². The van der Waals surface area contributed by atoms with Crippen LogP contribution in [-0.4, -0.2) is 62.7 Å². The number of tetrazole rings is 1. The van der Waals surface area contributed by atoms with E-state index in [0.29, 0.717) is 0 Å². The Bertz CT molecular complexity index is 1290. The lowest BCUT2D eigenvalue weighted by molar-refractivity contribution is 0.113. The van der Waals surface area contributed by atoms with Gasteiger partial charge >= 0.3 is 0 Å². The quantitative estimate of drug-likeness (QED) is 0.377. The lowest BCUT2D eigenvalue weighted by atomic mass is 10.0. The fourth-order valence-corrected chi connectivity index (χ4v) is 4.94. The van der Waals surface area contributed by atoms with Gasteiger partial charge in [0.25, 0.3) is 0 Å². The maximum absolute atomic E-state index is 13.8. The number of hydrogen-bond acceptors (Lipinski definition) is 5. The second kappa shape index (κ2) is 10.9. The highest BCUT2D eigenvalue weighted by Crippen LogP contribution is 2.31. The van der Waals surface area contributed by atoms with E-state index >= 15 is 0 Å². The molecule has 1 unspecified atom stereocenters. The van der Waals surface area contributed by atoms with E-state index in [9.17, 15) is 4.39 Å². The number of nitrogens with zero attached hydrogens (tertiary/aromatic N) is 6. The highest BCUT2D eigenvalue weighted by Gasteiger charge is 2.31. The van der Waals surface area contributed by atoms with Gasteiger partial charge in [0.05, 0.1) is 11.7 Å². The van der Waals surface area contributed by atoms with Crippen LogP contribution in [0.15, 0.2) is 78.9 Å². The molecule has 1 fully saturated rings. The molecule has 0 N–H and O–H groups in total. The Hall–Kier alpha value is -3.68. The predicted octanol–water partition coefficient (Wildman–Crippen LogP) is 4.84. The number of halogens is 1. The van der Waals surface area contributed by atoms with Crippen LogP contribution in [0.1, 0.15) is 34.1 Å². The Balaban J connectivity index is 1.39. The maximum atomic E-state index is 13.8. The molecule has 0 bridgehead atoms. The summed E-state index contributed by atoms with van der Waals surface area (Å²) in [6.45, 7) is 8.64. The molecule has 1 atom stereocenters. The van der Waals surface area contributed by atoms with Gasteiger partial charge in [-0.15, -0.1) is 5.10 Å². The molecule has 0 spiro atoms. The smallest absolute Gasteiger partial charge is 0.178 e. The number of piperazine rings is 1. The average molecular weight is 483 g/mol. The third kappa shape index (κ3) is 5.27. The monoisotopic (exact) mass is 482 g/mol. The number of aromatic nitrogens is 4. The molecular weight excluding hydrogens is 451 g/mol. The Morgan fingerprint density at radius 2 is 1.56 bits per heavy atom. The first-order chi connectivity index (χ1) is 17.6. The second-order valence-electron chi connectivity index (χ2n) is 9.29. The molecule has 4 aromatic rings. The van der Waals surface area contributed by atoms with E-state index in [1.807, 2.05) is 28.9 Å². The first-order valence-corrected chi connectivity index (χ1v) is 12.4. The van der Waals surface area contributed by atoms with Gasteiger partial charge in [0.1, 0.15) is 5.82 Å². The highest BCUT2D eigenvalue weighted by molar-refractivity contribution is 5.49. The Labute approximate surface area is 211 Å². The molecule has 1 saturated heterocycles. The molecule has 5 rings (SSSR count). The lowest BCUT2D eigenvalue weighted by Crippen LogP contribution is -2.48. The molecule has 1 aliphatic heterocycles. The topological polar surface area (TPSA) is 50.1 Å². The van der Waals surface area contributed by atoms with Crippen molar-refractivity contribution in [2.75, 3.05) is 32.7 Å². The summed E-state index contributed by atoms with van der Waals surface area (Å²) in [5.74, 6) is 0.498.